The molecule has 0 aliphatic carbocycles. The van der Waals surface area contributed by atoms with E-state index in [0.29, 0.717) is 13.0 Å². The molecule has 0 spiro atoms. The molecule has 0 radical (unpaired) electrons. The maximum atomic E-state index is 13.0. The minimum atomic E-state index is -0.0543. The molecule has 0 saturated carbocycles. The lowest BCUT2D eigenvalue weighted by molar-refractivity contribution is -0.123. The van der Waals surface area contributed by atoms with Crippen LogP contribution < -0.4 is 10.6 Å². The van der Waals surface area contributed by atoms with Crippen molar-refractivity contribution in [2.24, 2.45) is 0 Å². The Bertz CT molecular complexity index is 804. The van der Waals surface area contributed by atoms with E-state index >= 15 is 0 Å². The lowest BCUT2D eigenvalue weighted by atomic mass is 9.99. The summed E-state index contributed by atoms with van der Waals surface area (Å²) in [5.74, 6) is 0.133. The zero-order valence-corrected chi connectivity index (χ0v) is 18.1. The van der Waals surface area contributed by atoms with Gasteiger partial charge in [-0.25, -0.2) is 0 Å². The molecule has 2 heterocycles. The summed E-state index contributed by atoms with van der Waals surface area (Å²) in [5, 5.41) is 0. The van der Waals surface area contributed by atoms with Crippen molar-refractivity contribution < 1.29 is 9.53 Å². The van der Waals surface area contributed by atoms with Gasteiger partial charge in [0.05, 0.1) is 19.1 Å². The van der Waals surface area contributed by atoms with Gasteiger partial charge in [-0.05, 0) is 36.1 Å². The minimum Gasteiger partial charge on any atom is -0.398 e. The normalized spacial score (nSPS) is 18.9. The molecule has 29 heavy (non-hydrogen) atoms. The third-order valence-electron chi connectivity index (χ3n) is 5.46. The highest BCUT2D eigenvalue weighted by atomic mass is 35.5. The Morgan fingerprint density at radius 2 is 1.86 bits per heavy atom. The largest absolute Gasteiger partial charge is 0.398 e. The van der Waals surface area contributed by atoms with Crippen molar-refractivity contribution in [3.05, 3.63) is 59.7 Å². The lowest BCUT2D eigenvalue weighted by Crippen LogP contribution is -2.45. The van der Waals surface area contributed by atoms with Gasteiger partial charge in [-0.1, -0.05) is 36.4 Å². The number of nitrogens with zero attached hydrogens (tertiary/aromatic N) is 2. The summed E-state index contributed by atoms with van der Waals surface area (Å²) in [4.78, 5) is 17.3. The third-order valence-corrected chi connectivity index (χ3v) is 5.46. The first kappa shape index (κ1) is 23.5. The zero-order chi connectivity index (χ0) is 18.6. The fraction of sp³-hybridized carbons (Fsp3) is 0.409. The summed E-state index contributed by atoms with van der Waals surface area (Å²) in [6.45, 7) is 4.03. The molecular weight excluding hydrogens is 409 g/mol. The van der Waals surface area contributed by atoms with Crippen LogP contribution >= 0.6 is 24.8 Å². The van der Waals surface area contributed by atoms with E-state index in [9.17, 15) is 4.79 Å². The van der Waals surface area contributed by atoms with Crippen molar-refractivity contribution in [2.45, 2.75) is 31.9 Å². The molecule has 2 aliphatic rings. The third kappa shape index (κ3) is 5.64. The van der Waals surface area contributed by atoms with Gasteiger partial charge in [0.1, 0.15) is 0 Å². The number of anilines is 2. The van der Waals surface area contributed by atoms with Crippen LogP contribution in [0.3, 0.4) is 0 Å². The van der Waals surface area contributed by atoms with E-state index < -0.39 is 0 Å². The van der Waals surface area contributed by atoms with Crippen molar-refractivity contribution in [2.75, 3.05) is 36.9 Å². The smallest absolute Gasteiger partial charge is 0.229 e. The van der Waals surface area contributed by atoms with Crippen LogP contribution in [0.5, 0.6) is 0 Å². The summed E-state index contributed by atoms with van der Waals surface area (Å²) in [6.07, 6.45) is 2.26. The first-order valence-corrected chi connectivity index (χ1v) is 9.76. The number of halogens is 2. The fourth-order valence-corrected chi connectivity index (χ4v) is 4.10. The van der Waals surface area contributed by atoms with Crippen LogP contribution in [-0.2, 0) is 22.5 Å². The van der Waals surface area contributed by atoms with Crippen molar-refractivity contribution in [3.63, 3.8) is 0 Å². The molecule has 5 nitrogen and oxygen atoms in total. The first-order chi connectivity index (χ1) is 13.2. The van der Waals surface area contributed by atoms with Crippen molar-refractivity contribution >= 4 is 42.1 Å². The number of hydrogen-bond acceptors (Lipinski definition) is 4. The van der Waals surface area contributed by atoms with Crippen LogP contribution in [0, 0.1) is 0 Å². The molecule has 2 N–H and O–H groups in total. The van der Waals surface area contributed by atoms with Crippen molar-refractivity contribution in [3.8, 4) is 0 Å². The van der Waals surface area contributed by atoms with Gasteiger partial charge in [-0.2, -0.15) is 0 Å². The second kappa shape index (κ2) is 10.8. The molecule has 1 fully saturated rings. The molecule has 7 heteroatoms. The summed E-state index contributed by atoms with van der Waals surface area (Å²) in [7, 11) is 0. The first-order valence-electron chi connectivity index (χ1n) is 9.76. The number of carbonyl (C=O) groups excluding carboxylic acids is 1. The Labute approximate surface area is 185 Å². The summed E-state index contributed by atoms with van der Waals surface area (Å²) in [5.41, 5.74) is 10.3. The number of hydrogen-bond donors (Lipinski definition) is 1. The summed E-state index contributed by atoms with van der Waals surface area (Å²) in [6, 6.07) is 16.3. The standard InChI is InChI=1S/C22H27N3O2.2ClH/c23-20-9-4-10-21-19(20)8-5-11-25(21)22(26)14-18-16-24(12-13-27-18)15-17-6-2-1-3-7-17;;/h1-4,6-7,9-10,18H,5,8,11-16,23H2;2*1H. The molecule has 1 amide bonds. The maximum Gasteiger partial charge on any atom is 0.229 e. The van der Waals surface area contributed by atoms with Gasteiger partial charge in [0.2, 0.25) is 5.91 Å². The average molecular weight is 438 g/mol. The Kier molecular flexibility index (Phi) is 8.78. The maximum absolute atomic E-state index is 13.0. The van der Waals surface area contributed by atoms with Gasteiger partial charge < -0.3 is 15.4 Å². The Morgan fingerprint density at radius 3 is 2.66 bits per heavy atom. The van der Waals surface area contributed by atoms with Crippen LogP contribution in [0.4, 0.5) is 11.4 Å². The van der Waals surface area contributed by atoms with Gasteiger partial charge in [0, 0.05) is 37.6 Å². The summed E-state index contributed by atoms with van der Waals surface area (Å²) >= 11 is 0. The molecular formula is C22H29Cl2N3O2. The molecule has 1 saturated heterocycles. The van der Waals surface area contributed by atoms with Crippen LogP contribution in [0.2, 0.25) is 0 Å². The van der Waals surface area contributed by atoms with E-state index in [-0.39, 0.29) is 36.8 Å². The number of benzene rings is 2. The van der Waals surface area contributed by atoms with E-state index in [0.717, 1.165) is 56.0 Å². The SMILES string of the molecule is Cl.Cl.Nc1cccc2c1CCCN2C(=O)CC1CN(Cc2ccccc2)CCO1. The number of fused-ring (bicyclic) bond motifs is 1. The van der Waals surface area contributed by atoms with Gasteiger partial charge in [0.25, 0.3) is 0 Å². The van der Waals surface area contributed by atoms with Gasteiger partial charge in [-0.15, -0.1) is 24.8 Å². The molecule has 2 aromatic carbocycles. The van der Waals surface area contributed by atoms with E-state index in [4.69, 9.17) is 10.5 Å². The van der Waals surface area contributed by atoms with E-state index in [1.54, 1.807) is 0 Å². The highest BCUT2D eigenvalue weighted by Gasteiger charge is 2.28. The molecule has 4 rings (SSSR count). The number of rotatable bonds is 4. The van der Waals surface area contributed by atoms with Gasteiger partial charge in [-0.3, -0.25) is 9.69 Å². The van der Waals surface area contributed by atoms with Crippen LogP contribution in [0.25, 0.3) is 0 Å². The molecule has 0 aromatic heterocycles. The Hall–Kier alpha value is -1.79. The van der Waals surface area contributed by atoms with Crippen LogP contribution in [0.15, 0.2) is 48.5 Å². The zero-order valence-electron chi connectivity index (χ0n) is 16.5. The number of nitrogen functional groups attached to an aromatic ring is 1. The number of carbonyl (C=O) groups is 1. The highest BCUT2D eigenvalue weighted by molar-refractivity contribution is 5.95. The van der Waals surface area contributed by atoms with E-state index in [2.05, 4.69) is 29.2 Å². The predicted octanol–water partition coefficient (Wildman–Crippen LogP) is 3.68. The molecule has 0 bridgehead atoms. The molecule has 1 unspecified atom stereocenters. The van der Waals surface area contributed by atoms with Gasteiger partial charge >= 0.3 is 0 Å². The van der Waals surface area contributed by atoms with Crippen LogP contribution in [0.1, 0.15) is 24.0 Å². The monoisotopic (exact) mass is 437 g/mol. The quantitative estimate of drug-likeness (QED) is 0.740. The van der Waals surface area contributed by atoms with E-state index in [1.165, 1.54) is 5.56 Å². The van der Waals surface area contributed by atoms with Crippen molar-refractivity contribution in [1.29, 1.82) is 0 Å². The topological polar surface area (TPSA) is 58.8 Å². The fourth-order valence-electron chi connectivity index (χ4n) is 4.10. The predicted molar refractivity (Wildman–Crippen MR) is 122 cm³/mol. The van der Waals surface area contributed by atoms with Gasteiger partial charge in [0.15, 0.2) is 0 Å². The summed E-state index contributed by atoms with van der Waals surface area (Å²) < 4.78 is 5.91. The molecule has 1 atom stereocenters. The lowest BCUT2D eigenvalue weighted by Gasteiger charge is -2.35. The molecule has 2 aromatic rings. The Morgan fingerprint density at radius 1 is 1.07 bits per heavy atom. The molecule has 158 valence electrons. The average Bonchev–Trinajstić information content (AvgIpc) is 2.69. The van der Waals surface area contributed by atoms with Crippen LogP contribution in [-0.4, -0.2) is 43.2 Å². The highest BCUT2D eigenvalue weighted by Crippen LogP contribution is 2.32. The second-order valence-corrected chi connectivity index (χ2v) is 7.41. The van der Waals surface area contributed by atoms with E-state index in [1.807, 2.05) is 29.2 Å². The Balaban J connectivity index is 0.00000150. The number of amides is 1. The number of morpholine rings is 1. The number of nitrogens with two attached hydrogens (primary N) is 1. The van der Waals surface area contributed by atoms with Crippen molar-refractivity contribution in [1.82, 2.24) is 4.90 Å². The second-order valence-electron chi connectivity index (χ2n) is 7.41. The number of ether oxygens (including phenoxy) is 1. The minimum absolute atomic E-state index is 0. The molecule has 2 aliphatic heterocycles.